The van der Waals surface area contributed by atoms with E-state index in [4.69, 9.17) is 5.26 Å². The minimum Gasteiger partial charge on any atom is -0.508 e. The number of fused-ring (bicyclic) bond motifs is 1. The standard InChI is InChI=1S/C20H14N4O/c21-12-14-3-4-20-15(8-14)5-7-24(20)18-9-17(10-19(25)11-18)23-16-2-1-6-22-13-16/h1-11,13,23,25H. The van der Waals surface area contributed by atoms with Crippen molar-refractivity contribution < 1.29 is 5.11 Å². The third-order valence-corrected chi connectivity index (χ3v) is 3.95. The van der Waals surface area contributed by atoms with Crippen molar-refractivity contribution in [1.82, 2.24) is 9.55 Å². The number of hydrogen-bond donors (Lipinski definition) is 2. The summed E-state index contributed by atoms with van der Waals surface area (Å²) in [7, 11) is 0. The van der Waals surface area contributed by atoms with Crippen LogP contribution in [-0.4, -0.2) is 14.7 Å². The third-order valence-electron chi connectivity index (χ3n) is 3.95. The second-order valence-electron chi connectivity index (χ2n) is 5.68. The average molecular weight is 326 g/mol. The number of aromatic hydroxyl groups is 1. The van der Waals surface area contributed by atoms with Gasteiger partial charge in [0.1, 0.15) is 5.75 Å². The van der Waals surface area contributed by atoms with Gasteiger partial charge in [-0.05, 0) is 42.5 Å². The Hall–Kier alpha value is -3.78. The second-order valence-corrected chi connectivity index (χ2v) is 5.68. The first-order valence-corrected chi connectivity index (χ1v) is 7.76. The van der Waals surface area contributed by atoms with E-state index in [1.54, 1.807) is 30.6 Å². The van der Waals surface area contributed by atoms with Gasteiger partial charge in [-0.1, -0.05) is 0 Å². The van der Waals surface area contributed by atoms with Crippen molar-refractivity contribution in [2.75, 3.05) is 5.32 Å². The molecule has 0 amide bonds. The largest absolute Gasteiger partial charge is 0.508 e. The number of hydrogen-bond acceptors (Lipinski definition) is 4. The molecule has 0 unspecified atom stereocenters. The fourth-order valence-electron chi connectivity index (χ4n) is 2.85. The molecule has 25 heavy (non-hydrogen) atoms. The molecule has 0 saturated heterocycles. The molecule has 4 rings (SSSR count). The van der Waals surface area contributed by atoms with E-state index < -0.39 is 0 Å². The minimum absolute atomic E-state index is 0.166. The van der Waals surface area contributed by atoms with Crippen LogP contribution in [-0.2, 0) is 0 Å². The van der Waals surface area contributed by atoms with Gasteiger partial charge in [0, 0.05) is 35.6 Å². The summed E-state index contributed by atoms with van der Waals surface area (Å²) in [5.41, 5.74) is 4.02. The molecule has 0 saturated carbocycles. The fraction of sp³-hybridized carbons (Fsp3) is 0. The Morgan fingerprint density at radius 3 is 2.76 bits per heavy atom. The van der Waals surface area contributed by atoms with E-state index in [1.165, 1.54) is 0 Å². The molecule has 0 atom stereocenters. The summed E-state index contributed by atoms with van der Waals surface area (Å²) in [6, 6.07) is 18.7. The number of phenols is 1. The van der Waals surface area contributed by atoms with Crippen LogP contribution in [0.4, 0.5) is 11.4 Å². The first-order chi connectivity index (χ1) is 12.2. The van der Waals surface area contributed by atoms with Crippen molar-refractivity contribution in [3.63, 3.8) is 0 Å². The number of nitrogens with one attached hydrogen (secondary N) is 1. The SMILES string of the molecule is N#Cc1ccc2c(ccn2-c2cc(O)cc(Nc3cccnc3)c2)c1. The highest BCUT2D eigenvalue weighted by Gasteiger charge is 2.07. The predicted octanol–water partition coefficient (Wildman–Crippen LogP) is 4.35. The number of aromatic nitrogens is 2. The first-order valence-electron chi connectivity index (χ1n) is 7.76. The van der Waals surface area contributed by atoms with E-state index in [0.29, 0.717) is 5.56 Å². The number of nitrogens with zero attached hydrogens (tertiary/aromatic N) is 3. The number of rotatable bonds is 3. The van der Waals surface area contributed by atoms with Gasteiger partial charge in [0.2, 0.25) is 0 Å². The monoisotopic (exact) mass is 326 g/mol. The van der Waals surface area contributed by atoms with Crippen LogP contribution in [0.25, 0.3) is 16.6 Å². The lowest BCUT2D eigenvalue weighted by Crippen LogP contribution is -1.95. The van der Waals surface area contributed by atoms with Crippen LogP contribution in [0, 0.1) is 11.3 Å². The highest BCUT2D eigenvalue weighted by molar-refractivity contribution is 5.83. The molecule has 2 aromatic carbocycles. The summed E-state index contributed by atoms with van der Waals surface area (Å²) in [6.45, 7) is 0. The quantitative estimate of drug-likeness (QED) is 0.587. The molecule has 2 heterocycles. The molecule has 5 nitrogen and oxygen atoms in total. The number of phenolic OH excluding ortho intramolecular Hbond substituents is 1. The Morgan fingerprint density at radius 2 is 1.96 bits per heavy atom. The van der Waals surface area contributed by atoms with E-state index in [9.17, 15) is 5.11 Å². The van der Waals surface area contributed by atoms with Crippen molar-refractivity contribution in [3.8, 4) is 17.5 Å². The Balaban J connectivity index is 1.77. The molecule has 0 aliphatic rings. The second kappa shape index (κ2) is 6.02. The zero-order valence-electron chi connectivity index (χ0n) is 13.2. The van der Waals surface area contributed by atoms with Gasteiger partial charge in [-0.2, -0.15) is 5.26 Å². The molecule has 0 spiro atoms. The first kappa shape index (κ1) is 14.8. The summed E-state index contributed by atoms with van der Waals surface area (Å²) in [4.78, 5) is 4.08. The van der Waals surface area contributed by atoms with E-state index in [-0.39, 0.29) is 5.75 Å². The number of nitriles is 1. The lowest BCUT2D eigenvalue weighted by molar-refractivity contribution is 0.475. The van der Waals surface area contributed by atoms with E-state index >= 15 is 0 Å². The Labute approximate surface area is 144 Å². The van der Waals surface area contributed by atoms with Crippen LogP contribution < -0.4 is 5.32 Å². The number of benzene rings is 2. The average Bonchev–Trinajstić information content (AvgIpc) is 3.05. The number of anilines is 2. The Bertz CT molecular complexity index is 1090. The molecule has 2 aromatic heterocycles. The molecule has 0 radical (unpaired) electrons. The molecular weight excluding hydrogens is 312 g/mol. The summed E-state index contributed by atoms with van der Waals surface area (Å²) in [6.07, 6.45) is 5.35. The fourth-order valence-corrected chi connectivity index (χ4v) is 2.85. The van der Waals surface area contributed by atoms with Crippen LogP contribution in [0.1, 0.15) is 5.56 Å². The van der Waals surface area contributed by atoms with Crippen molar-refractivity contribution >= 4 is 22.3 Å². The van der Waals surface area contributed by atoms with Crippen molar-refractivity contribution in [2.45, 2.75) is 0 Å². The van der Waals surface area contributed by atoms with E-state index in [0.717, 1.165) is 28.0 Å². The van der Waals surface area contributed by atoms with Gasteiger partial charge in [-0.25, -0.2) is 0 Å². The third kappa shape index (κ3) is 2.89. The highest BCUT2D eigenvalue weighted by Crippen LogP contribution is 2.28. The summed E-state index contributed by atoms with van der Waals surface area (Å²) < 4.78 is 1.98. The molecule has 0 aliphatic carbocycles. The summed E-state index contributed by atoms with van der Waals surface area (Å²) in [5, 5.41) is 23.4. The molecule has 120 valence electrons. The molecule has 0 aliphatic heterocycles. The lowest BCUT2D eigenvalue weighted by Gasteiger charge is -2.11. The van der Waals surface area contributed by atoms with Gasteiger partial charge in [0.15, 0.2) is 0 Å². The molecule has 2 N–H and O–H groups in total. The predicted molar refractivity (Wildman–Crippen MR) is 97.2 cm³/mol. The van der Waals surface area contributed by atoms with Gasteiger partial charge < -0.3 is 15.0 Å². The molecule has 5 heteroatoms. The summed E-state index contributed by atoms with van der Waals surface area (Å²) >= 11 is 0. The normalized spacial score (nSPS) is 10.5. The van der Waals surface area contributed by atoms with Crippen molar-refractivity contribution in [2.24, 2.45) is 0 Å². The van der Waals surface area contributed by atoms with Crippen LogP contribution >= 0.6 is 0 Å². The zero-order valence-corrected chi connectivity index (χ0v) is 13.2. The lowest BCUT2D eigenvalue weighted by atomic mass is 10.2. The van der Waals surface area contributed by atoms with Gasteiger partial charge >= 0.3 is 0 Å². The Kier molecular flexibility index (Phi) is 3.56. The summed E-state index contributed by atoms with van der Waals surface area (Å²) in [5.74, 6) is 0.166. The zero-order chi connectivity index (χ0) is 17.2. The topological polar surface area (TPSA) is 73.9 Å². The van der Waals surface area contributed by atoms with Gasteiger partial charge in [0.25, 0.3) is 0 Å². The van der Waals surface area contributed by atoms with Crippen LogP contribution in [0.2, 0.25) is 0 Å². The van der Waals surface area contributed by atoms with Gasteiger partial charge in [-0.15, -0.1) is 0 Å². The van der Waals surface area contributed by atoms with Gasteiger partial charge in [-0.3, -0.25) is 4.98 Å². The van der Waals surface area contributed by atoms with Crippen LogP contribution in [0.15, 0.2) is 73.2 Å². The highest BCUT2D eigenvalue weighted by atomic mass is 16.3. The molecule has 0 fully saturated rings. The van der Waals surface area contributed by atoms with Crippen molar-refractivity contribution in [1.29, 1.82) is 5.26 Å². The maximum absolute atomic E-state index is 10.1. The van der Waals surface area contributed by atoms with Crippen LogP contribution in [0.3, 0.4) is 0 Å². The molecular formula is C20H14N4O. The van der Waals surface area contributed by atoms with E-state index in [1.807, 2.05) is 47.2 Å². The minimum atomic E-state index is 0.166. The van der Waals surface area contributed by atoms with Crippen LogP contribution in [0.5, 0.6) is 5.75 Å². The maximum atomic E-state index is 10.1. The van der Waals surface area contributed by atoms with Gasteiger partial charge in [0.05, 0.1) is 34.7 Å². The molecule has 4 aromatic rings. The number of pyridine rings is 1. The van der Waals surface area contributed by atoms with Crippen molar-refractivity contribution in [3.05, 3.63) is 78.8 Å². The smallest absolute Gasteiger partial charge is 0.119 e. The van der Waals surface area contributed by atoms with E-state index in [2.05, 4.69) is 16.4 Å². The Morgan fingerprint density at radius 1 is 1.04 bits per heavy atom. The maximum Gasteiger partial charge on any atom is 0.119 e. The molecule has 0 bridgehead atoms.